The maximum atomic E-state index is 13.6. The number of imidazole rings is 1. The number of H-pyrrole nitrogens is 3. The number of hydrogen-bond donors (Lipinski definition) is 3. The molecule has 5 aromatic rings. The summed E-state index contributed by atoms with van der Waals surface area (Å²) in [6.45, 7) is 0.567. The lowest BCUT2D eigenvalue weighted by molar-refractivity contribution is -0.0220. The minimum absolute atomic E-state index is 0.161. The maximum absolute atomic E-state index is 13.6. The molecule has 0 saturated carbocycles. The van der Waals surface area contributed by atoms with E-state index in [4.69, 9.17) is 0 Å². The van der Waals surface area contributed by atoms with Crippen molar-refractivity contribution in [3.8, 4) is 22.8 Å². The van der Waals surface area contributed by atoms with Crippen LogP contribution in [-0.4, -0.2) is 59.3 Å². The van der Waals surface area contributed by atoms with Crippen LogP contribution in [0.1, 0.15) is 12.8 Å². The van der Waals surface area contributed by atoms with E-state index in [1.807, 2.05) is 17.0 Å². The molecule has 5 aromatic heterocycles. The summed E-state index contributed by atoms with van der Waals surface area (Å²) in [6, 6.07) is 3.75. The number of anilines is 1. The number of nitrogens with zero attached hydrogens (tertiary/aromatic N) is 6. The molecule has 0 aromatic carbocycles. The van der Waals surface area contributed by atoms with Crippen LogP contribution in [0.3, 0.4) is 0 Å². The molecule has 6 rings (SSSR count). The first-order valence-corrected chi connectivity index (χ1v) is 9.89. The van der Waals surface area contributed by atoms with Crippen LogP contribution in [0, 0.1) is 0 Å². The third-order valence-corrected chi connectivity index (χ3v) is 5.67. The number of rotatable bonds is 3. The van der Waals surface area contributed by atoms with Gasteiger partial charge in [-0.15, -0.1) is 0 Å². The van der Waals surface area contributed by atoms with Crippen molar-refractivity contribution < 1.29 is 8.78 Å². The summed E-state index contributed by atoms with van der Waals surface area (Å²) >= 11 is 0. The Morgan fingerprint density at radius 3 is 2.77 bits per heavy atom. The second kappa shape index (κ2) is 6.56. The van der Waals surface area contributed by atoms with Gasteiger partial charge in [0.15, 0.2) is 11.5 Å². The molecule has 156 valence electrons. The third kappa shape index (κ3) is 3.00. The molecule has 0 radical (unpaired) electrons. The number of hydrogen-bond acceptors (Lipinski definition) is 6. The molecule has 1 fully saturated rings. The number of aromatic nitrogens is 8. The first kappa shape index (κ1) is 17.9. The largest absolute Gasteiger partial charge is 0.369 e. The first-order chi connectivity index (χ1) is 15.1. The van der Waals surface area contributed by atoms with Crippen LogP contribution in [0.4, 0.5) is 14.5 Å². The minimum atomic E-state index is -2.60. The van der Waals surface area contributed by atoms with E-state index in [9.17, 15) is 8.78 Å². The van der Waals surface area contributed by atoms with Crippen molar-refractivity contribution in [1.82, 2.24) is 40.3 Å². The monoisotopic (exact) mass is 421 g/mol. The van der Waals surface area contributed by atoms with Gasteiger partial charge in [0.25, 0.3) is 5.92 Å². The second-order valence-electron chi connectivity index (χ2n) is 7.63. The van der Waals surface area contributed by atoms with E-state index in [2.05, 4.69) is 40.3 Å². The Balaban J connectivity index is 1.43. The lowest BCUT2D eigenvalue weighted by atomic mass is 10.1. The van der Waals surface area contributed by atoms with Crippen molar-refractivity contribution in [2.75, 3.05) is 18.0 Å². The van der Waals surface area contributed by atoms with Crippen LogP contribution >= 0.6 is 0 Å². The van der Waals surface area contributed by atoms with Gasteiger partial charge >= 0.3 is 0 Å². The summed E-state index contributed by atoms with van der Waals surface area (Å²) in [7, 11) is 0. The fourth-order valence-corrected chi connectivity index (χ4v) is 3.99. The summed E-state index contributed by atoms with van der Waals surface area (Å²) in [4.78, 5) is 18.7. The molecule has 1 aliphatic rings. The number of fused-ring (bicyclic) bond motifs is 2. The second-order valence-corrected chi connectivity index (χ2v) is 7.63. The summed E-state index contributed by atoms with van der Waals surface area (Å²) in [6.07, 6.45) is 6.52. The van der Waals surface area contributed by atoms with E-state index < -0.39 is 5.92 Å². The minimum Gasteiger partial charge on any atom is -0.369 e. The Morgan fingerprint density at radius 2 is 1.97 bits per heavy atom. The van der Waals surface area contributed by atoms with Crippen LogP contribution in [0.25, 0.3) is 44.8 Å². The van der Waals surface area contributed by atoms with Crippen molar-refractivity contribution in [1.29, 1.82) is 0 Å². The Kier molecular flexibility index (Phi) is 3.79. The zero-order valence-electron chi connectivity index (χ0n) is 16.2. The van der Waals surface area contributed by atoms with Crippen molar-refractivity contribution in [3.05, 3.63) is 36.9 Å². The molecule has 0 spiro atoms. The Bertz CT molecular complexity index is 1380. The highest BCUT2D eigenvalue weighted by molar-refractivity contribution is 5.95. The van der Waals surface area contributed by atoms with E-state index in [-0.39, 0.29) is 25.9 Å². The van der Waals surface area contributed by atoms with Crippen LogP contribution in [0.5, 0.6) is 0 Å². The standard InChI is InChI=1S/C20H17F2N9/c21-20(22)2-5-31(6-3-20)15-1-4-23-18-17(15)27-19(28-18)16-12-7-13(11-8-25-26-9-11)24-10-14(12)29-30-16/h1,4,7-10H,2-3,5-6H2,(H,25,26)(H,29,30)(H,23,27,28). The molecule has 1 saturated heterocycles. The Hall–Kier alpha value is -3.89. The third-order valence-electron chi connectivity index (χ3n) is 5.67. The highest BCUT2D eigenvalue weighted by Gasteiger charge is 2.34. The quantitative estimate of drug-likeness (QED) is 0.411. The van der Waals surface area contributed by atoms with E-state index in [1.54, 1.807) is 24.8 Å². The fraction of sp³-hybridized carbons (Fsp3) is 0.250. The van der Waals surface area contributed by atoms with Crippen LogP contribution in [-0.2, 0) is 0 Å². The van der Waals surface area contributed by atoms with Gasteiger partial charge in [0.05, 0.1) is 29.3 Å². The Labute approximate surface area is 173 Å². The average molecular weight is 421 g/mol. The van der Waals surface area contributed by atoms with Crippen molar-refractivity contribution in [2.24, 2.45) is 0 Å². The van der Waals surface area contributed by atoms with Gasteiger partial charge < -0.3 is 9.88 Å². The molecule has 31 heavy (non-hydrogen) atoms. The topological polar surface area (TPSA) is 115 Å². The smallest absolute Gasteiger partial charge is 0.251 e. The molecule has 9 nitrogen and oxygen atoms in total. The zero-order valence-corrected chi connectivity index (χ0v) is 16.2. The Morgan fingerprint density at radius 1 is 1.10 bits per heavy atom. The lowest BCUT2D eigenvalue weighted by Crippen LogP contribution is -2.39. The van der Waals surface area contributed by atoms with Crippen LogP contribution in [0.2, 0.25) is 0 Å². The molecule has 0 bridgehead atoms. The summed E-state index contributed by atoms with van der Waals surface area (Å²) < 4.78 is 27.2. The van der Waals surface area contributed by atoms with Gasteiger partial charge in [0.2, 0.25) is 0 Å². The van der Waals surface area contributed by atoms with Gasteiger partial charge in [-0.2, -0.15) is 10.2 Å². The molecular weight excluding hydrogens is 404 g/mol. The molecule has 0 aliphatic carbocycles. The van der Waals surface area contributed by atoms with Crippen molar-refractivity contribution >= 4 is 27.8 Å². The van der Waals surface area contributed by atoms with Gasteiger partial charge in [-0.3, -0.25) is 15.2 Å². The van der Waals surface area contributed by atoms with Gasteiger partial charge in [-0.05, 0) is 12.1 Å². The number of nitrogens with one attached hydrogen (secondary N) is 3. The summed E-state index contributed by atoms with van der Waals surface area (Å²) in [5, 5.41) is 15.0. The maximum Gasteiger partial charge on any atom is 0.251 e. The lowest BCUT2D eigenvalue weighted by Gasteiger charge is -2.33. The van der Waals surface area contributed by atoms with E-state index >= 15 is 0 Å². The van der Waals surface area contributed by atoms with Crippen LogP contribution < -0.4 is 4.90 Å². The predicted octanol–water partition coefficient (Wildman–Crippen LogP) is 3.52. The highest BCUT2D eigenvalue weighted by Crippen LogP contribution is 2.34. The molecule has 11 heteroatoms. The number of pyridine rings is 2. The molecule has 0 atom stereocenters. The number of piperidine rings is 1. The van der Waals surface area contributed by atoms with Gasteiger partial charge in [-0.1, -0.05) is 0 Å². The summed E-state index contributed by atoms with van der Waals surface area (Å²) in [5.41, 5.74) is 5.08. The van der Waals surface area contributed by atoms with E-state index in [0.717, 1.165) is 27.8 Å². The number of alkyl halides is 2. The highest BCUT2D eigenvalue weighted by atomic mass is 19.3. The molecule has 6 heterocycles. The van der Waals surface area contributed by atoms with Crippen molar-refractivity contribution in [3.63, 3.8) is 0 Å². The fourth-order valence-electron chi connectivity index (χ4n) is 3.99. The molecule has 0 unspecified atom stereocenters. The summed E-state index contributed by atoms with van der Waals surface area (Å²) in [5.74, 6) is -2.05. The number of halogens is 2. The van der Waals surface area contributed by atoms with Crippen LogP contribution in [0.15, 0.2) is 36.9 Å². The SMILES string of the molecule is FC1(F)CCN(c2ccnc3nc(-c4n[nH]c5cnc(-c6cn[nH]c6)cc45)[nH]c23)CC1. The molecule has 0 amide bonds. The number of aromatic amines is 3. The molecule has 3 N–H and O–H groups in total. The van der Waals surface area contributed by atoms with E-state index in [1.165, 1.54) is 0 Å². The average Bonchev–Trinajstić information content (AvgIpc) is 3.51. The zero-order chi connectivity index (χ0) is 21.0. The molecule has 1 aliphatic heterocycles. The van der Waals surface area contributed by atoms with Gasteiger partial charge in [0.1, 0.15) is 11.2 Å². The van der Waals surface area contributed by atoms with Gasteiger partial charge in [0, 0.05) is 49.3 Å². The van der Waals surface area contributed by atoms with Crippen molar-refractivity contribution in [2.45, 2.75) is 18.8 Å². The predicted molar refractivity (Wildman–Crippen MR) is 111 cm³/mol. The molecular formula is C20H17F2N9. The normalized spacial score (nSPS) is 16.4. The van der Waals surface area contributed by atoms with Gasteiger partial charge in [-0.25, -0.2) is 18.7 Å². The first-order valence-electron chi connectivity index (χ1n) is 9.89. The van der Waals surface area contributed by atoms with E-state index in [0.29, 0.717) is 22.7 Å².